The Bertz CT molecular complexity index is 708. The predicted molar refractivity (Wildman–Crippen MR) is 134 cm³/mol. The minimum Gasteiger partial charge on any atom is -0.381 e. The molecule has 2 unspecified atom stereocenters. The van der Waals surface area contributed by atoms with Gasteiger partial charge in [-0.05, 0) is 43.2 Å². The second kappa shape index (κ2) is 13.9. The van der Waals surface area contributed by atoms with Crippen LogP contribution in [-0.2, 0) is 27.1 Å². The van der Waals surface area contributed by atoms with Crippen molar-refractivity contribution in [3.63, 3.8) is 0 Å². The Morgan fingerprint density at radius 3 is 2.81 bits per heavy atom. The lowest BCUT2D eigenvalue weighted by Crippen LogP contribution is -2.46. The molecule has 1 aliphatic carbocycles. The number of carbonyl (C=O) groups excluding carboxylic acids is 1. The van der Waals surface area contributed by atoms with Crippen LogP contribution in [0.5, 0.6) is 0 Å². The second-order valence-corrected chi connectivity index (χ2v) is 8.39. The molecule has 0 aromatic heterocycles. The van der Waals surface area contributed by atoms with Gasteiger partial charge in [0.1, 0.15) is 6.54 Å². The Labute approximate surface area is 203 Å². The number of rotatable bonds is 9. The summed E-state index contributed by atoms with van der Waals surface area (Å²) in [5.74, 6) is 1.24. The van der Waals surface area contributed by atoms with Gasteiger partial charge in [-0.2, -0.15) is 0 Å². The minimum absolute atomic E-state index is 0. The van der Waals surface area contributed by atoms with Crippen LogP contribution in [0.25, 0.3) is 0 Å². The molecule has 1 amide bonds. The van der Waals surface area contributed by atoms with Crippen molar-refractivity contribution in [1.29, 1.82) is 0 Å². The molecular weight excluding hydrogens is 507 g/mol. The van der Waals surface area contributed by atoms with E-state index < -0.39 is 0 Å². The van der Waals surface area contributed by atoms with Crippen LogP contribution in [0.1, 0.15) is 30.4 Å². The van der Waals surface area contributed by atoms with Gasteiger partial charge in [0.15, 0.2) is 5.96 Å². The van der Waals surface area contributed by atoms with Crippen LogP contribution < -0.4 is 10.6 Å². The minimum atomic E-state index is -0.00722. The molecule has 1 aliphatic heterocycles. The van der Waals surface area contributed by atoms with E-state index in [9.17, 15) is 4.79 Å². The molecule has 2 atom stereocenters. The maximum absolute atomic E-state index is 12.0. The normalized spacial score (nSPS) is 20.5. The van der Waals surface area contributed by atoms with Crippen molar-refractivity contribution in [2.45, 2.75) is 38.1 Å². The van der Waals surface area contributed by atoms with Crippen molar-refractivity contribution < 1.29 is 14.3 Å². The summed E-state index contributed by atoms with van der Waals surface area (Å²) >= 11 is 0. The standard InChI is InChI=1S/C23H36N4O3.HI/c1-27(2)22(28)15-25-23(24-11-5-12-29-16-18-10-13-30-17-18)26-21-9-8-19-6-3-4-7-20(19)14-21;/h3-4,6-7,18,21H,5,8-17H2,1-2H3,(H2,24,25,26);1H. The van der Waals surface area contributed by atoms with Crippen molar-refractivity contribution in [3.8, 4) is 0 Å². The van der Waals surface area contributed by atoms with E-state index in [-0.39, 0.29) is 36.4 Å². The number of benzene rings is 1. The van der Waals surface area contributed by atoms with Gasteiger partial charge in [-0.3, -0.25) is 4.79 Å². The first-order chi connectivity index (χ1) is 14.6. The Kier molecular flexibility index (Phi) is 11.6. The number of guanidine groups is 1. The number of fused-ring (bicyclic) bond motifs is 1. The zero-order valence-electron chi connectivity index (χ0n) is 18.8. The van der Waals surface area contributed by atoms with Crippen LogP contribution in [-0.4, -0.2) is 76.4 Å². The Hall–Kier alpha value is -1.39. The van der Waals surface area contributed by atoms with Gasteiger partial charge in [-0.1, -0.05) is 24.3 Å². The summed E-state index contributed by atoms with van der Waals surface area (Å²) in [5.41, 5.74) is 2.84. The number of aliphatic imine (C=N–C) groups is 1. The molecule has 1 fully saturated rings. The van der Waals surface area contributed by atoms with E-state index in [1.165, 1.54) is 11.1 Å². The van der Waals surface area contributed by atoms with Gasteiger partial charge in [0.2, 0.25) is 5.91 Å². The summed E-state index contributed by atoms with van der Waals surface area (Å²) in [6.45, 7) is 4.07. The van der Waals surface area contributed by atoms with E-state index in [0.29, 0.717) is 24.5 Å². The number of carbonyl (C=O) groups is 1. The lowest BCUT2D eigenvalue weighted by Gasteiger charge is -2.27. The number of nitrogens with zero attached hydrogens (tertiary/aromatic N) is 2. The highest BCUT2D eigenvalue weighted by Crippen LogP contribution is 2.21. The number of nitrogens with one attached hydrogen (secondary N) is 2. The van der Waals surface area contributed by atoms with Gasteiger partial charge >= 0.3 is 0 Å². The lowest BCUT2D eigenvalue weighted by atomic mass is 9.88. The first-order valence-corrected chi connectivity index (χ1v) is 11.1. The van der Waals surface area contributed by atoms with Crippen molar-refractivity contribution in [1.82, 2.24) is 15.5 Å². The third-order valence-electron chi connectivity index (χ3n) is 5.69. The first kappa shape index (κ1) is 25.9. The topological polar surface area (TPSA) is 75.2 Å². The molecule has 0 radical (unpaired) electrons. The van der Waals surface area contributed by atoms with E-state index >= 15 is 0 Å². The number of hydrogen-bond donors (Lipinski definition) is 2. The van der Waals surface area contributed by atoms with Crippen LogP contribution >= 0.6 is 24.0 Å². The summed E-state index contributed by atoms with van der Waals surface area (Å²) in [7, 11) is 3.51. The highest BCUT2D eigenvalue weighted by molar-refractivity contribution is 14.0. The van der Waals surface area contributed by atoms with Crippen molar-refractivity contribution in [2.24, 2.45) is 10.9 Å². The quantitative estimate of drug-likeness (QED) is 0.216. The fourth-order valence-corrected chi connectivity index (χ4v) is 3.80. The number of amides is 1. The van der Waals surface area contributed by atoms with Gasteiger partial charge in [0.05, 0.1) is 13.2 Å². The fraction of sp³-hybridized carbons (Fsp3) is 0.652. The molecule has 31 heavy (non-hydrogen) atoms. The summed E-state index contributed by atoms with van der Waals surface area (Å²) in [6.07, 6.45) is 5.10. The average molecular weight is 544 g/mol. The molecule has 1 saturated heterocycles. The van der Waals surface area contributed by atoms with Crippen LogP contribution in [0.3, 0.4) is 0 Å². The SMILES string of the molecule is CN(C)C(=O)CN=C(NCCCOCC1CCOC1)NC1CCc2ccccc2C1.I. The molecule has 7 nitrogen and oxygen atoms in total. The van der Waals surface area contributed by atoms with Gasteiger partial charge in [-0.25, -0.2) is 4.99 Å². The molecule has 8 heteroatoms. The van der Waals surface area contributed by atoms with Gasteiger partial charge in [0, 0.05) is 45.8 Å². The van der Waals surface area contributed by atoms with E-state index in [4.69, 9.17) is 9.47 Å². The molecule has 1 heterocycles. The molecule has 2 N–H and O–H groups in total. The number of halogens is 1. The molecule has 0 bridgehead atoms. The molecular formula is C23H37IN4O3. The molecule has 1 aromatic carbocycles. The third-order valence-corrected chi connectivity index (χ3v) is 5.69. The van der Waals surface area contributed by atoms with Crippen LogP contribution in [0.2, 0.25) is 0 Å². The predicted octanol–water partition coefficient (Wildman–Crippen LogP) is 2.23. The maximum Gasteiger partial charge on any atom is 0.243 e. The Morgan fingerprint density at radius 1 is 1.26 bits per heavy atom. The van der Waals surface area contributed by atoms with Gasteiger partial charge in [0.25, 0.3) is 0 Å². The smallest absolute Gasteiger partial charge is 0.243 e. The highest BCUT2D eigenvalue weighted by Gasteiger charge is 2.19. The monoisotopic (exact) mass is 544 g/mol. The lowest BCUT2D eigenvalue weighted by molar-refractivity contribution is -0.127. The highest BCUT2D eigenvalue weighted by atomic mass is 127. The molecule has 2 aliphatic rings. The zero-order valence-corrected chi connectivity index (χ0v) is 21.1. The van der Waals surface area contributed by atoms with Crippen LogP contribution in [0, 0.1) is 5.92 Å². The molecule has 174 valence electrons. The summed E-state index contributed by atoms with van der Waals surface area (Å²) in [5, 5.41) is 6.91. The van der Waals surface area contributed by atoms with Gasteiger partial charge < -0.3 is 25.0 Å². The van der Waals surface area contributed by atoms with Gasteiger partial charge in [-0.15, -0.1) is 24.0 Å². The zero-order chi connectivity index (χ0) is 21.2. The second-order valence-electron chi connectivity index (χ2n) is 8.39. The Morgan fingerprint density at radius 2 is 2.06 bits per heavy atom. The van der Waals surface area contributed by atoms with E-state index in [2.05, 4.69) is 39.9 Å². The van der Waals surface area contributed by atoms with Crippen molar-refractivity contribution in [2.75, 3.05) is 53.6 Å². The maximum atomic E-state index is 12.0. The van der Waals surface area contributed by atoms with Crippen molar-refractivity contribution in [3.05, 3.63) is 35.4 Å². The van der Waals surface area contributed by atoms with E-state index in [1.54, 1.807) is 19.0 Å². The first-order valence-electron chi connectivity index (χ1n) is 11.1. The largest absolute Gasteiger partial charge is 0.381 e. The van der Waals surface area contributed by atoms with E-state index in [0.717, 1.165) is 58.5 Å². The Balaban J connectivity index is 0.00000341. The van der Waals surface area contributed by atoms with Crippen molar-refractivity contribution >= 4 is 35.8 Å². The summed E-state index contributed by atoms with van der Waals surface area (Å²) in [4.78, 5) is 18.1. The fourth-order valence-electron chi connectivity index (χ4n) is 3.80. The molecule has 0 saturated carbocycles. The number of hydrogen-bond acceptors (Lipinski definition) is 4. The third kappa shape index (κ3) is 8.94. The number of likely N-dealkylation sites (N-methyl/N-ethyl adjacent to an activating group) is 1. The molecule has 0 spiro atoms. The average Bonchev–Trinajstić information content (AvgIpc) is 3.27. The summed E-state index contributed by atoms with van der Waals surface area (Å²) < 4.78 is 11.2. The van der Waals surface area contributed by atoms with Crippen LogP contribution in [0.15, 0.2) is 29.3 Å². The van der Waals surface area contributed by atoms with Crippen LogP contribution in [0.4, 0.5) is 0 Å². The summed E-state index contributed by atoms with van der Waals surface area (Å²) in [6, 6.07) is 8.94. The number of ether oxygens (including phenoxy) is 2. The number of aryl methyl sites for hydroxylation is 1. The molecule has 1 aromatic rings. The molecule has 3 rings (SSSR count). The van der Waals surface area contributed by atoms with E-state index in [1.807, 2.05) is 0 Å².